The lowest BCUT2D eigenvalue weighted by molar-refractivity contribution is -0.122. The van der Waals surface area contributed by atoms with Crippen LogP contribution >= 0.6 is 11.3 Å². The van der Waals surface area contributed by atoms with E-state index in [-0.39, 0.29) is 30.6 Å². The van der Waals surface area contributed by atoms with Crippen LogP contribution in [0, 0.1) is 5.82 Å². The molecule has 1 fully saturated rings. The summed E-state index contributed by atoms with van der Waals surface area (Å²) in [7, 11) is 0. The number of thiazole rings is 1. The van der Waals surface area contributed by atoms with E-state index in [2.05, 4.69) is 10.3 Å². The molecule has 1 aliphatic rings. The maximum atomic E-state index is 14.7. The number of hydrogen-bond acceptors (Lipinski definition) is 5. The first-order valence-corrected chi connectivity index (χ1v) is 11.0. The van der Waals surface area contributed by atoms with Gasteiger partial charge in [-0.25, -0.2) is 9.37 Å². The molecule has 1 saturated carbocycles. The number of nitrogens with one attached hydrogen (secondary N) is 1. The third-order valence-electron chi connectivity index (χ3n) is 5.31. The molecule has 6 nitrogen and oxygen atoms in total. The zero-order chi connectivity index (χ0) is 22.5. The SMILES string of the molecule is O=C(NC1CCC1)c1cc(F)c2ccccc2c1OCc1nc2ccccc2s1.O=CO. The molecule has 32 heavy (non-hydrogen) atoms. The Morgan fingerprint density at radius 1 is 1.19 bits per heavy atom. The standard InChI is InChI=1S/C23H19FN2O2S.CH2O2/c24-18-12-17(23(27)25-14-6-5-7-14)22(16-9-2-1-8-15(16)18)28-13-21-26-19-10-3-4-11-20(19)29-21;2-1-3/h1-4,8-12,14H,5-7,13H2,(H,25,27);1H,(H,2,3). The predicted molar refractivity (Wildman–Crippen MR) is 122 cm³/mol. The van der Waals surface area contributed by atoms with Crippen molar-refractivity contribution in [1.29, 1.82) is 0 Å². The molecule has 0 radical (unpaired) electrons. The van der Waals surface area contributed by atoms with Crippen molar-refractivity contribution in [3.05, 3.63) is 71.0 Å². The van der Waals surface area contributed by atoms with Crippen LogP contribution in [0.3, 0.4) is 0 Å². The van der Waals surface area contributed by atoms with Crippen molar-refractivity contribution in [1.82, 2.24) is 10.3 Å². The Kier molecular flexibility index (Phi) is 6.61. The zero-order valence-electron chi connectivity index (χ0n) is 17.1. The second-order valence-corrected chi connectivity index (χ2v) is 8.47. The minimum atomic E-state index is -0.424. The molecule has 3 aromatic carbocycles. The number of amides is 1. The fraction of sp³-hybridized carbons (Fsp3) is 0.208. The van der Waals surface area contributed by atoms with E-state index in [1.807, 2.05) is 30.3 Å². The monoisotopic (exact) mass is 452 g/mol. The number of carboxylic acid groups (broad SMARTS) is 1. The molecule has 8 heteroatoms. The van der Waals surface area contributed by atoms with E-state index in [9.17, 15) is 9.18 Å². The van der Waals surface area contributed by atoms with E-state index < -0.39 is 5.82 Å². The molecule has 0 saturated heterocycles. The zero-order valence-corrected chi connectivity index (χ0v) is 17.9. The number of para-hydroxylation sites is 1. The topological polar surface area (TPSA) is 88.5 Å². The summed E-state index contributed by atoms with van der Waals surface area (Å²) in [6.07, 6.45) is 3.03. The number of rotatable bonds is 5. The number of aromatic nitrogens is 1. The van der Waals surface area contributed by atoms with Gasteiger partial charge in [0.1, 0.15) is 23.2 Å². The highest BCUT2D eigenvalue weighted by molar-refractivity contribution is 7.18. The van der Waals surface area contributed by atoms with Crippen molar-refractivity contribution in [2.24, 2.45) is 0 Å². The Labute approximate surface area is 187 Å². The number of hydrogen-bond donors (Lipinski definition) is 2. The van der Waals surface area contributed by atoms with Gasteiger partial charge in [0.2, 0.25) is 0 Å². The largest absolute Gasteiger partial charge is 0.485 e. The molecular weight excluding hydrogens is 431 g/mol. The number of nitrogens with zero attached hydrogens (tertiary/aromatic N) is 1. The summed E-state index contributed by atoms with van der Waals surface area (Å²) >= 11 is 1.55. The summed E-state index contributed by atoms with van der Waals surface area (Å²) in [6, 6.07) is 16.4. The molecule has 164 valence electrons. The predicted octanol–water partition coefficient (Wildman–Crippen LogP) is 5.15. The molecule has 2 N–H and O–H groups in total. The average Bonchev–Trinajstić information content (AvgIpc) is 3.19. The molecule has 0 bridgehead atoms. The molecular formula is C24H21FN2O4S. The summed E-state index contributed by atoms with van der Waals surface area (Å²) < 4.78 is 21.9. The highest BCUT2D eigenvalue weighted by Crippen LogP contribution is 2.34. The summed E-state index contributed by atoms with van der Waals surface area (Å²) in [5.41, 5.74) is 1.15. The van der Waals surface area contributed by atoms with E-state index in [0.717, 1.165) is 34.5 Å². The van der Waals surface area contributed by atoms with Crippen LogP contribution in [0.25, 0.3) is 21.0 Å². The fourth-order valence-electron chi connectivity index (χ4n) is 3.56. The maximum Gasteiger partial charge on any atom is 0.290 e. The molecule has 4 aromatic rings. The Bertz CT molecular complexity index is 1240. The van der Waals surface area contributed by atoms with Gasteiger partial charge < -0.3 is 15.2 Å². The van der Waals surface area contributed by atoms with Gasteiger partial charge in [-0.1, -0.05) is 36.4 Å². The van der Waals surface area contributed by atoms with Gasteiger partial charge in [-0.15, -0.1) is 11.3 Å². The van der Waals surface area contributed by atoms with E-state index in [1.165, 1.54) is 6.07 Å². The minimum Gasteiger partial charge on any atom is -0.485 e. The molecule has 5 rings (SSSR count). The van der Waals surface area contributed by atoms with Gasteiger partial charge in [-0.2, -0.15) is 0 Å². The number of carbonyl (C=O) groups excluding carboxylic acids is 1. The fourth-order valence-corrected chi connectivity index (χ4v) is 4.44. The lowest BCUT2D eigenvalue weighted by atomic mass is 9.92. The van der Waals surface area contributed by atoms with Crippen LogP contribution < -0.4 is 10.1 Å². The summed E-state index contributed by atoms with van der Waals surface area (Å²) in [6.45, 7) is -0.0291. The third kappa shape index (κ3) is 4.55. The van der Waals surface area contributed by atoms with Crippen LogP contribution in [0.1, 0.15) is 34.6 Å². The van der Waals surface area contributed by atoms with Crippen molar-refractivity contribution in [3.63, 3.8) is 0 Å². The number of halogens is 1. The summed E-state index contributed by atoms with van der Waals surface area (Å²) in [5.74, 6) is -0.316. The van der Waals surface area contributed by atoms with Crippen molar-refractivity contribution in [2.75, 3.05) is 0 Å². The number of benzene rings is 3. The van der Waals surface area contributed by atoms with Crippen LogP contribution in [0.15, 0.2) is 54.6 Å². The van der Waals surface area contributed by atoms with Crippen LogP contribution in [0.4, 0.5) is 4.39 Å². The highest BCUT2D eigenvalue weighted by atomic mass is 32.1. The Balaban J connectivity index is 0.000000775. The van der Waals surface area contributed by atoms with Crippen LogP contribution in [-0.2, 0) is 11.4 Å². The molecule has 1 aliphatic carbocycles. The Hall–Kier alpha value is -3.52. The molecule has 1 heterocycles. The third-order valence-corrected chi connectivity index (χ3v) is 6.32. The van der Waals surface area contributed by atoms with Gasteiger partial charge >= 0.3 is 0 Å². The Morgan fingerprint density at radius 2 is 1.88 bits per heavy atom. The van der Waals surface area contributed by atoms with Gasteiger partial charge in [0.15, 0.2) is 0 Å². The molecule has 1 aromatic heterocycles. The first-order valence-electron chi connectivity index (χ1n) is 10.2. The van der Waals surface area contributed by atoms with Gasteiger partial charge in [-0.3, -0.25) is 9.59 Å². The maximum absolute atomic E-state index is 14.7. The average molecular weight is 453 g/mol. The Morgan fingerprint density at radius 3 is 2.56 bits per heavy atom. The normalized spacial score (nSPS) is 13.2. The van der Waals surface area contributed by atoms with Crippen molar-refractivity contribution in [3.8, 4) is 5.75 Å². The quantitative estimate of drug-likeness (QED) is 0.409. The number of ether oxygens (including phenoxy) is 1. The van der Waals surface area contributed by atoms with Crippen molar-refractivity contribution in [2.45, 2.75) is 31.9 Å². The van der Waals surface area contributed by atoms with Gasteiger partial charge in [0.25, 0.3) is 12.4 Å². The molecule has 0 aliphatic heterocycles. The van der Waals surface area contributed by atoms with Crippen LogP contribution in [-0.4, -0.2) is 28.5 Å². The van der Waals surface area contributed by atoms with Crippen molar-refractivity contribution >= 4 is 44.7 Å². The summed E-state index contributed by atoms with van der Waals surface area (Å²) in [4.78, 5) is 25.8. The molecule has 1 amide bonds. The van der Waals surface area contributed by atoms with Crippen LogP contribution in [0.2, 0.25) is 0 Å². The first kappa shape index (κ1) is 21.7. The van der Waals surface area contributed by atoms with Gasteiger partial charge in [-0.05, 0) is 37.5 Å². The first-order chi connectivity index (χ1) is 15.6. The second-order valence-electron chi connectivity index (χ2n) is 7.35. The lowest BCUT2D eigenvalue weighted by Gasteiger charge is -2.27. The van der Waals surface area contributed by atoms with E-state index in [1.54, 1.807) is 29.5 Å². The molecule has 0 unspecified atom stereocenters. The molecule has 0 spiro atoms. The highest BCUT2D eigenvalue weighted by Gasteiger charge is 2.24. The number of carbonyl (C=O) groups is 2. The molecule has 0 atom stereocenters. The summed E-state index contributed by atoms with van der Waals surface area (Å²) in [5, 5.41) is 11.7. The lowest BCUT2D eigenvalue weighted by Crippen LogP contribution is -2.39. The van der Waals surface area contributed by atoms with Gasteiger partial charge in [0.05, 0.1) is 15.8 Å². The number of fused-ring (bicyclic) bond motifs is 2. The van der Waals surface area contributed by atoms with E-state index in [0.29, 0.717) is 16.5 Å². The smallest absolute Gasteiger partial charge is 0.290 e. The minimum absolute atomic E-state index is 0.161. The second kappa shape index (κ2) is 9.74. The van der Waals surface area contributed by atoms with Crippen molar-refractivity contribution < 1.29 is 23.8 Å². The van der Waals surface area contributed by atoms with Crippen LogP contribution in [0.5, 0.6) is 5.75 Å². The van der Waals surface area contributed by atoms with E-state index >= 15 is 0 Å². The van der Waals surface area contributed by atoms with Gasteiger partial charge in [0, 0.05) is 16.8 Å². The van der Waals surface area contributed by atoms with E-state index in [4.69, 9.17) is 14.6 Å².